The second kappa shape index (κ2) is 5.38. The van der Waals surface area contributed by atoms with Crippen molar-refractivity contribution in [3.8, 4) is 11.3 Å². The number of hydrogen-bond donors (Lipinski definition) is 0. The second-order valence-electron chi connectivity index (χ2n) is 5.71. The smallest absolute Gasteiger partial charge is 0.0691 e. The van der Waals surface area contributed by atoms with E-state index in [9.17, 15) is 0 Å². The maximum atomic E-state index is 5.95. The Morgan fingerprint density at radius 1 is 1.21 bits per heavy atom. The van der Waals surface area contributed by atoms with Crippen molar-refractivity contribution in [2.24, 2.45) is 0 Å². The van der Waals surface area contributed by atoms with Gasteiger partial charge in [0.15, 0.2) is 0 Å². The van der Waals surface area contributed by atoms with Crippen LogP contribution in [0.25, 0.3) is 11.3 Å². The Labute approximate surface area is 120 Å². The number of nitrogens with zero attached hydrogens (tertiary/aromatic N) is 2. The molecule has 101 valence electrons. The van der Waals surface area contributed by atoms with Crippen LogP contribution >= 0.6 is 11.6 Å². The van der Waals surface area contributed by atoms with Crippen LogP contribution in [0.15, 0.2) is 30.3 Å². The standard InChI is InChI=1S/C16H20ClN2/c1-5-6-14-11-15(19(18-14)16(2,3)4)12-7-9-13(17)10-8-12/h7-11H,1,5-6H2,2-4H3. The predicted octanol–water partition coefficient (Wildman–Crippen LogP) is 4.73. The molecular formula is C16H20ClN2. The lowest BCUT2D eigenvalue weighted by Gasteiger charge is -2.22. The van der Waals surface area contributed by atoms with Gasteiger partial charge in [0.25, 0.3) is 0 Å². The minimum atomic E-state index is -0.0472. The van der Waals surface area contributed by atoms with E-state index in [2.05, 4.69) is 38.4 Å². The topological polar surface area (TPSA) is 17.8 Å². The van der Waals surface area contributed by atoms with Crippen LogP contribution in [0, 0.1) is 6.92 Å². The van der Waals surface area contributed by atoms with Crippen LogP contribution in [0.3, 0.4) is 0 Å². The number of aromatic nitrogens is 2. The van der Waals surface area contributed by atoms with Gasteiger partial charge in [-0.15, -0.1) is 0 Å². The lowest BCUT2D eigenvalue weighted by Crippen LogP contribution is -2.24. The molecule has 2 rings (SSSR count). The molecule has 0 unspecified atom stereocenters. The highest BCUT2D eigenvalue weighted by Gasteiger charge is 2.20. The third-order valence-electron chi connectivity index (χ3n) is 2.97. The number of hydrogen-bond acceptors (Lipinski definition) is 1. The van der Waals surface area contributed by atoms with Crippen molar-refractivity contribution < 1.29 is 0 Å². The number of halogens is 1. The molecule has 0 spiro atoms. The molecule has 0 atom stereocenters. The molecule has 1 aromatic carbocycles. The Bertz CT molecular complexity index is 547. The van der Waals surface area contributed by atoms with Crippen LogP contribution in [0.5, 0.6) is 0 Å². The van der Waals surface area contributed by atoms with Gasteiger partial charge < -0.3 is 0 Å². The lowest BCUT2D eigenvalue weighted by atomic mass is 10.1. The van der Waals surface area contributed by atoms with Crippen molar-refractivity contribution >= 4 is 11.6 Å². The zero-order chi connectivity index (χ0) is 14.0. The maximum absolute atomic E-state index is 5.95. The lowest BCUT2D eigenvalue weighted by molar-refractivity contribution is 0.357. The third-order valence-corrected chi connectivity index (χ3v) is 3.22. The average molecular weight is 276 g/mol. The van der Waals surface area contributed by atoms with Crippen molar-refractivity contribution in [3.05, 3.63) is 48.0 Å². The first-order valence-electron chi connectivity index (χ1n) is 6.56. The van der Waals surface area contributed by atoms with Crippen molar-refractivity contribution in [2.75, 3.05) is 0 Å². The van der Waals surface area contributed by atoms with Gasteiger partial charge in [0.05, 0.1) is 16.9 Å². The molecule has 2 aromatic rings. The van der Waals surface area contributed by atoms with E-state index in [0.717, 1.165) is 34.8 Å². The maximum Gasteiger partial charge on any atom is 0.0691 e. The van der Waals surface area contributed by atoms with E-state index in [4.69, 9.17) is 16.7 Å². The molecule has 0 N–H and O–H groups in total. The first kappa shape index (κ1) is 14.1. The fourth-order valence-corrected chi connectivity index (χ4v) is 2.20. The summed E-state index contributed by atoms with van der Waals surface area (Å²) in [5.41, 5.74) is 3.32. The molecule has 0 bridgehead atoms. The average Bonchev–Trinajstić information content (AvgIpc) is 2.74. The molecule has 0 saturated heterocycles. The molecule has 3 heteroatoms. The van der Waals surface area contributed by atoms with E-state index in [0.29, 0.717) is 0 Å². The van der Waals surface area contributed by atoms with Crippen molar-refractivity contribution in [2.45, 2.75) is 39.2 Å². The Hall–Kier alpha value is -1.28. The van der Waals surface area contributed by atoms with Crippen LogP contribution in [0.1, 0.15) is 32.9 Å². The van der Waals surface area contributed by atoms with E-state index in [-0.39, 0.29) is 5.54 Å². The monoisotopic (exact) mass is 275 g/mol. The minimum Gasteiger partial charge on any atom is -0.259 e. The van der Waals surface area contributed by atoms with Gasteiger partial charge in [0.2, 0.25) is 0 Å². The molecule has 0 aliphatic heterocycles. The van der Waals surface area contributed by atoms with Crippen molar-refractivity contribution in [1.29, 1.82) is 0 Å². The van der Waals surface area contributed by atoms with E-state index < -0.39 is 0 Å². The van der Waals surface area contributed by atoms with Gasteiger partial charge in [0.1, 0.15) is 0 Å². The van der Waals surface area contributed by atoms with Gasteiger partial charge in [-0.1, -0.05) is 30.7 Å². The Kier molecular flexibility index (Phi) is 4.00. The van der Waals surface area contributed by atoms with Gasteiger partial charge in [-0.05, 0) is 57.4 Å². The van der Waals surface area contributed by atoms with Crippen molar-refractivity contribution in [1.82, 2.24) is 9.78 Å². The zero-order valence-corrected chi connectivity index (χ0v) is 12.5. The van der Waals surface area contributed by atoms with Crippen LogP contribution in [0.2, 0.25) is 5.02 Å². The molecule has 1 radical (unpaired) electrons. The highest BCUT2D eigenvalue weighted by molar-refractivity contribution is 6.30. The van der Waals surface area contributed by atoms with Crippen LogP contribution in [-0.4, -0.2) is 9.78 Å². The SMILES string of the molecule is [CH2]CCc1cc(-c2ccc(Cl)cc2)n(C(C)(C)C)n1. The summed E-state index contributed by atoms with van der Waals surface area (Å²) >= 11 is 5.95. The van der Waals surface area contributed by atoms with Crippen LogP contribution < -0.4 is 0 Å². The number of aryl methyl sites for hydroxylation is 1. The minimum absolute atomic E-state index is 0.0472. The highest BCUT2D eigenvalue weighted by Crippen LogP contribution is 2.28. The van der Waals surface area contributed by atoms with Gasteiger partial charge in [-0.3, -0.25) is 4.68 Å². The zero-order valence-electron chi connectivity index (χ0n) is 11.8. The van der Waals surface area contributed by atoms with Gasteiger partial charge in [-0.2, -0.15) is 5.10 Å². The van der Waals surface area contributed by atoms with Crippen molar-refractivity contribution in [3.63, 3.8) is 0 Å². The fraction of sp³-hybridized carbons (Fsp3) is 0.375. The summed E-state index contributed by atoms with van der Waals surface area (Å²) in [6, 6.07) is 10.1. The van der Waals surface area contributed by atoms with Gasteiger partial charge in [-0.25, -0.2) is 0 Å². The third kappa shape index (κ3) is 3.19. The molecule has 1 aromatic heterocycles. The van der Waals surface area contributed by atoms with E-state index in [1.54, 1.807) is 0 Å². The predicted molar refractivity (Wildman–Crippen MR) is 81.3 cm³/mol. The number of benzene rings is 1. The molecule has 0 aliphatic rings. The first-order chi connectivity index (χ1) is 8.91. The van der Waals surface area contributed by atoms with Gasteiger partial charge >= 0.3 is 0 Å². The molecule has 0 saturated carbocycles. The Morgan fingerprint density at radius 3 is 2.37 bits per heavy atom. The molecule has 2 nitrogen and oxygen atoms in total. The van der Waals surface area contributed by atoms with E-state index >= 15 is 0 Å². The summed E-state index contributed by atoms with van der Waals surface area (Å²) in [4.78, 5) is 0. The largest absolute Gasteiger partial charge is 0.259 e. The first-order valence-corrected chi connectivity index (χ1v) is 6.94. The summed E-state index contributed by atoms with van der Waals surface area (Å²) in [6.07, 6.45) is 1.77. The molecular weight excluding hydrogens is 256 g/mol. The summed E-state index contributed by atoms with van der Waals surface area (Å²) in [6.45, 7) is 10.4. The summed E-state index contributed by atoms with van der Waals surface area (Å²) < 4.78 is 2.08. The molecule has 0 amide bonds. The van der Waals surface area contributed by atoms with E-state index in [1.807, 2.05) is 24.3 Å². The summed E-state index contributed by atoms with van der Waals surface area (Å²) in [5.74, 6) is 0. The Balaban J connectivity index is 2.51. The fourth-order valence-electron chi connectivity index (χ4n) is 2.07. The normalized spacial score (nSPS) is 11.8. The highest BCUT2D eigenvalue weighted by atomic mass is 35.5. The van der Waals surface area contributed by atoms with Gasteiger partial charge in [0, 0.05) is 5.02 Å². The summed E-state index contributed by atoms with van der Waals surface area (Å²) in [5, 5.41) is 5.47. The second-order valence-corrected chi connectivity index (χ2v) is 6.15. The molecule has 1 heterocycles. The molecule has 19 heavy (non-hydrogen) atoms. The molecule has 0 aliphatic carbocycles. The van der Waals surface area contributed by atoms with Crippen LogP contribution in [0.4, 0.5) is 0 Å². The number of rotatable bonds is 3. The van der Waals surface area contributed by atoms with E-state index in [1.165, 1.54) is 0 Å². The quantitative estimate of drug-likeness (QED) is 0.792. The van der Waals surface area contributed by atoms with Crippen LogP contribution in [-0.2, 0) is 12.0 Å². The molecule has 0 fully saturated rings. The summed E-state index contributed by atoms with van der Waals surface area (Å²) in [7, 11) is 0. The Morgan fingerprint density at radius 2 is 1.84 bits per heavy atom.